The van der Waals surface area contributed by atoms with Crippen LogP contribution in [-0.4, -0.2) is 29.6 Å². The van der Waals surface area contributed by atoms with Crippen molar-refractivity contribution in [3.05, 3.63) is 24.0 Å². The van der Waals surface area contributed by atoms with E-state index in [-0.39, 0.29) is 23.5 Å². The molecular weight excluding hydrogens is 239 g/mol. The molecule has 1 rings (SSSR count). The molecule has 0 spiro atoms. The van der Waals surface area contributed by atoms with Gasteiger partial charge in [-0.3, -0.25) is 4.79 Å². The van der Waals surface area contributed by atoms with Crippen LogP contribution in [0.25, 0.3) is 0 Å². The van der Waals surface area contributed by atoms with Gasteiger partial charge in [-0.15, -0.1) is 11.8 Å². The van der Waals surface area contributed by atoms with E-state index in [0.717, 1.165) is 0 Å². The van der Waals surface area contributed by atoms with Crippen LogP contribution in [0.15, 0.2) is 23.1 Å². The maximum atomic E-state index is 13.1. The Hall–Kier alpha value is -1.23. The molecule has 0 aliphatic rings. The summed E-state index contributed by atoms with van der Waals surface area (Å²) >= 11 is 1.29. The molecule has 0 atom stereocenters. The fourth-order valence-electron chi connectivity index (χ4n) is 1.20. The van der Waals surface area contributed by atoms with Crippen molar-refractivity contribution < 1.29 is 9.18 Å². The molecule has 0 unspecified atom stereocenters. The molecule has 0 radical (unpaired) electrons. The third-order valence-electron chi connectivity index (χ3n) is 2.42. The largest absolute Gasteiger partial charge is 0.399 e. The average molecular weight is 256 g/mol. The zero-order chi connectivity index (χ0) is 13.0. The van der Waals surface area contributed by atoms with E-state index < -0.39 is 0 Å². The molecule has 0 aliphatic carbocycles. The molecule has 0 aliphatic heterocycles. The number of nitrogens with zero attached hydrogens (tertiary/aromatic N) is 1. The van der Waals surface area contributed by atoms with Gasteiger partial charge in [0.1, 0.15) is 5.82 Å². The van der Waals surface area contributed by atoms with E-state index in [4.69, 9.17) is 5.73 Å². The number of anilines is 1. The summed E-state index contributed by atoms with van der Waals surface area (Å²) in [6.07, 6.45) is 0. The van der Waals surface area contributed by atoms with Crippen molar-refractivity contribution in [1.82, 2.24) is 4.90 Å². The smallest absolute Gasteiger partial charge is 0.232 e. The fourth-order valence-corrected chi connectivity index (χ4v) is 2.11. The lowest BCUT2D eigenvalue weighted by Gasteiger charge is -2.21. The van der Waals surface area contributed by atoms with E-state index in [2.05, 4.69) is 0 Å². The first kappa shape index (κ1) is 13.8. The van der Waals surface area contributed by atoms with Gasteiger partial charge < -0.3 is 10.6 Å². The van der Waals surface area contributed by atoms with Crippen molar-refractivity contribution in [3.63, 3.8) is 0 Å². The van der Waals surface area contributed by atoms with E-state index >= 15 is 0 Å². The van der Waals surface area contributed by atoms with E-state index in [1.165, 1.54) is 23.9 Å². The Bertz CT molecular complexity index is 389. The van der Waals surface area contributed by atoms with Gasteiger partial charge in [0, 0.05) is 23.7 Å². The van der Waals surface area contributed by atoms with Crippen LogP contribution in [0, 0.1) is 5.82 Å². The van der Waals surface area contributed by atoms with Crippen LogP contribution >= 0.6 is 11.8 Å². The molecule has 5 heteroatoms. The van der Waals surface area contributed by atoms with Crippen LogP contribution in [-0.2, 0) is 4.79 Å². The van der Waals surface area contributed by atoms with Crippen molar-refractivity contribution in [3.8, 4) is 0 Å². The summed E-state index contributed by atoms with van der Waals surface area (Å²) in [7, 11) is 1.76. The molecule has 1 aromatic rings. The number of carbonyl (C=O) groups is 1. The van der Waals surface area contributed by atoms with Gasteiger partial charge in [-0.05, 0) is 32.0 Å². The molecule has 94 valence electrons. The van der Waals surface area contributed by atoms with Crippen LogP contribution in [0.2, 0.25) is 0 Å². The van der Waals surface area contributed by atoms with E-state index in [9.17, 15) is 9.18 Å². The van der Waals surface area contributed by atoms with Crippen molar-refractivity contribution in [1.29, 1.82) is 0 Å². The Labute approximate surface area is 105 Å². The quantitative estimate of drug-likeness (QED) is 0.664. The first-order chi connectivity index (χ1) is 7.90. The number of carbonyl (C=O) groups excluding carboxylic acids is 1. The Morgan fingerprint density at radius 3 is 2.65 bits per heavy atom. The summed E-state index contributed by atoms with van der Waals surface area (Å²) in [6, 6.07) is 4.47. The number of halogens is 1. The van der Waals surface area contributed by atoms with Gasteiger partial charge in [-0.2, -0.15) is 0 Å². The molecule has 0 aromatic heterocycles. The summed E-state index contributed by atoms with van der Waals surface area (Å²) in [5.41, 5.74) is 5.90. The monoisotopic (exact) mass is 256 g/mol. The van der Waals surface area contributed by atoms with Crippen LogP contribution in [0.4, 0.5) is 10.1 Å². The first-order valence-electron chi connectivity index (χ1n) is 5.34. The summed E-state index contributed by atoms with van der Waals surface area (Å²) in [4.78, 5) is 14.0. The van der Waals surface area contributed by atoms with Gasteiger partial charge >= 0.3 is 0 Å². The van der Waals surface area contributed by atoms with Gasteiger partial charge in [0.25, 0.3) is 0 Å². The Morgan fingerprint density at radius 2 is 2.12 bits per heavy atom. The molecule has 0 fully saturated rings. The maximum Gasteiger partial charge on any atom is 0.232 e. The number of hydrogen-bond donors (Lipinski definition) is 1. The molecule has 0 saturated carbocycles. The highest BCUT2D eigenvalue weighted by molar-refractivity contribution is 8.00. The second-order valence-electron chi connectivity index (χ2n) is 4.11. The van der Waals surface area contributed by atoms with E-state index in [1.807, 2.05) is 13.8 Å². The molecule has 2 N–H and O–H groups in total. The zero-order valence-corrected chi connectivity index (χ0v) is 11.1. The SMILES string of the molecule is CC(C)N(C)C(=O)CSc1cc(N)cc(F)c1. The number of thioether (sulfide) groups is 1. The Kier molecular flexibility index (Phi) is 4.81. The lowest BCUT2D eigenvalue weighted by atomic mass is 10.3. The number of hydrogen-bond acceptors (Lipinski definition) is 3. The van der Waals surface area contributed by atoms with Gasteiger partial charge in [-0.1, -0.05) is 0 Å². The number of benzene rings is 1. The van der Waals surface area contributed by atoms with Gasteiger partial charge in [0.2, 0.25) is 5.91 Å². The minimum Gasteiger partial charge on any atom is -0.399 e. The first-order valence-corrected chi connectivity index (χ1v) is 6.33. The fraction of sp³-hybridized carbons (Fsp3) is 0.417. The van der Waals surface area contributed by atoms with Gasteiger partial charge in [0.05, 0.1) is 5.75 Å². The highest BCUT2D eigenvalue weighted by Crippen LogP contribution is 2.22. The topological polar surface area (TPSA) is 46.3 Å². The van der Waals surface area contributed by atoms with Gasteiger partial charge in [0.15, 0.2) is 0 Å². The minimum atomic E-state index is -0.378. The normalized spacial score (nSPS) is 10.6. The minimum absolute atomic E-state index is 0.0211. The van der Waals surface area contributed by atoms with Crippen LogP contribution in [0.3, 0.4) is 0 Å². The molecular formula is C12H17FN2OS. The Morgan fingerprint density at radius 1 is 1.47 bits per heavy atom. The van der Waals surface area contributed by atoms with Crippen molar-refractivity contribution in [2.45, 2.75) is 24.8 Å². The highest BCUT2D eigenvalue weighted by atomic mass is 32.2. The van der Waals surface area contributed by atoms with Crippen molar-refractivity contribution >= 4 is 23.4 Å². The molecule has 0 heterocycles. The van der Waals surface area contributed by atoms with Gasteiger partial charge in [-0.25, -0.2) is 4.39 Å². The predicted octanol–water partition coefficient (Wildman–Crippen LogP) is 2.37. The zero-order valence-electron chi connectivity index (χ0n) is 10.2. The standard InChI is InChI=1S/C12H17FN2OS/c1-8(2)15(3)12(16)7-17-11-5-9(13)4-10(14)6-11/h4-6,8H,7,14H2,1-3H3. The summed E-state index contributed by atoms with van der Waals surface area (Å²) in [6.45, 7) is 3.89. The molecule has 1 amide bonds. The second kappa shape index (κ2) is 5.91. The third-order valence-corrected chi connectivity index (χ3v) is 3.38. The molecule has 1 aromatic carbocycles. The summed E-state index contributed by atoms with van der Waals surface area (Å²) in [5.74, 6) is -0.0672. The lowest BCUT2D eigenvalue weighted by Crippen LogP contribution is -2.34. The number of rotatable bonds is 4. The second-order valence-corrected chi connectivity index (χ2v) is 5.16. The maximum absolute atomic E-state index is 13.1. The van der Waals surface area contributed by atoms with E-state index in [1.54, 1.807) is 18.0 Å². The summed E-state index contributed by atoms with van der Waals surface area (Å²) < 4.78 is 13.1. The number of amides is 1. The van der Waals surface area contributed by atoms with Crippen LogP contribution < -0.4 is 5.73 Å². The average Bonchev–Trinajstić information content (AvgIpc) is 2.23. The molecule has 0 bridgehead atoms. The molecule has 0 saturated heterocycles. The van der Waals surface area contributed by atoms with Crippen molar-refractivity contribution in [2.75, 3.05) is 18.5 Å². The molecule has 17 heavy (non-hydrogen) atoms. The molecule has 3 nitrogen and oxygen atoms in total. The van der Waals surface area contributed by atoms with Crippen LogP contribution in [0.1, 0.15) is 13.8 Å². The number of nitrogen functional groups attached to an aromatic ring is 1. The Balaban J connectivity index is 2.58. The van der Waals surface area contributed by atoms with Crippen molar-refractivity contribution in [2.24, 2.45) is 0 Å². The summed E-state index contributed by atoms with van der Waals surface area (Å²) in [5, 5.41) is 0. The number of nitrogens with two attached hydrogens (primary N) is 1. The lowest BCUT2D eigenvalue weighted by molar-refractivity contribution is -0.128. The van der Waals surface area contributed by atoms with Crippen LogP contribution in [0.5, 0.6) is 0 Å². The third kappa shape index (κ3) is 4.26. The van der Waals surface area contributed by atoms with E-state index in [0.29, 0.717) is 10.6 Å². The predicted molar refractivity (Wildman–Crippen MR) is 69.4 cm³/mol. The highest BCUT2D eigenvalue weighted by Gasteiger charge is 2.12.